The Morgan fingerprint density at radius 2 is 1.91 bits per heavy atom. The number of carbonyl (C=O) groups is 1. The lowest BCUT2D eigenvalue weighted by atomic mass is 10.2. The molecule has 168 valence electrons. The second kappa shape index (κ2) is 9.53. The number of nitrogens with zero attached hydrogens (tertiary/aromatic N) is 3. The van der Waals surface area contributed by atoms with Crippen LogP contribution in [0, 0.1) is 11.6 Å². The number of hydrogen-bond donors (Lipinski definition) is 0. The molecule has 0 unspecified atom stereocenters. The normalized spacial score (nSPS) is 14.7. The van der Waals surface area contributed by atoms with Gasteiger partial charge >= 0.3 is 0 Å². The number of piperazine rings is 1. The zero-order valence-corrected chi connectivity index (χ0v) is 18.2. The smallest absolute Gasteiger partial charge is 0.270 e. The number of benzene rings is 2. The Hall–Kier alpha value is -3.19. The summed E-state index contributed by atoms with van der Waals surface area (Å²) in [5.41, 5.74) is 1.35. The average molecular weight is 440 g/mol. The van der Waals surface area contributed by atoms with Crippen LogP contribution in [-0.4, -0.2) is 59.6 Å². The Labute approximate surface area is 186 Å². The van der Waals surface area contributed by atoms with Crippen LogP contribution in [0.5, 0.6) is 5.75 Å². The van der Waals surface area contributed by atoms with Crippen LogP contribution in [-0.2, 0) is 6.54 Å². The molecule has 0 bridgehead atoms. The molecule has 0 radical (unpaired) electrons. The van der Waals surface area contributed by atoms with Crippen LogP contribution in [0.1, 0.15) is 23.0 Å². The first-order valence-electron chi connectivity index (χ1n) is 10.8. The molecule has 1 amide bonds. The van der Waals surface area contributed by atoms with Crippen LogP contribution in [0.15, 0.2) is 55.1 Å². The molecule has 1 aliphatic heterocycles. The van der Waals surface area contributed by atoms with Crippen molar-refractivity contribution in [3.05, 3.63) is 78.0 Å². The first kappa shape index (κ1) is 22.0. The monoisotopic (exact) mass is 439 g/mol. The first-order chi connectivity index (χ1) is 15.5. The van der Waals surface area contributed by atoms with Gasteiger partial charge in [-0.1, -0.05) is 25.6 Å². The third-order valence-electron chi connectivity index (χ3n) is 5.92. The fraction of sp³-hybridized carbons (Fsp3) is 0.320. The second-order valence-electron chi connectivity index (χ2n) is 7.87. The highest BCUT2D eigenvalue weighted by Gasteiger charge is 2.26. The molecule has 7 heteroatoms. The number of aromatic nitrogens is 1. The van der Waals surface area contributed by atoms with Crippen LogP contribution in [0.25, 0.3) is 10.9 Å². The largest absolute Gasteiger partial charge is 0.489 e. The summed E-state index contributed by atoms with van der Waals surface area (Å²) in [6, 6.07) is 10.7. The van der Waals surface area contributed by atoms with Gasteiger partial charge in [0.15, 0.2) is 0 Å². The molecule has 4 rings (SSSR count). The van der Waals surface area contributed by atoms with Gasteiger partial charge < -0.3 is 19.1 Å². The molecule has 2 aromatic carbocycles. The second-order valence-corrected chi connectivity index (χ2v) is 7.87. The molecule has 0 aliphatic carbocycles. The summed E-state index contributed by atoms with van der Waals surface area (Å²) >= 11 is 0. The van der Waals surface area contributed by atoms with Gasteiger partial charge in [-0.25, -0.2) is 8.78 Å². The third kappa shape index (κ3) is 4.39. The SMILES string of the molecule is C=CCOc1cccc2c1cc(C(=O)N1CCN(CC)CC1)n2Cc1cc(F)ccc1F. The lowest BCUT2D eigenvalue weighted by molar-refractivity contribution is 0.0633. The van der Waals surface area contributed by atoms with Gasteiger partial charge in [0.25, 0.3) is 5.91 Å². The van der Waals surface area contributed by atoms with E-state index < -0.39 is 11.6 Å². The Kier molecular flexibility index (Phi) is 6.55. The molecule has 1 aromatic heterocycles. The van der Waals surface area contributed by atoms with E-state index in [1.807, 2.05) is 23.1 Å². The van der Waals surface area contributed by atoms with E-state index in [0.717, 1.165) is 42.7 Å². The average Bonchev–Trinajstić information content (AvgIpc) is 3.18. The van der Waals surface area contributed by atoms with Gasteiger partial charge in [-0.15, -0.1) is 0 Å². The minimum absolute atomic E-state index is 0.0357. The van der Waals surface area contributed by atoms with E-state index in [-0.39, 0.29) is 18.0 Å². The Bertz CT molecular complexity index is 1130. The quantitative estimate of drug-likeness (QED) is 0.515. The van der Waals surface area contributed by atoms with Crippen molar-refractivity contribution < 1.29 is 18.3 Å². The van der Waals surface area contributed by atoms with Crippen molar-refractivity contribution in [1.29, 1.82) is 0 Å². The van der Waals surface area contributed by atoms with E-state index in [2.05, 4.69) is 18.4 Å². The first-order valence-corrected chi connectivity index (χ1v) is 10.8. The molecule has 5 nitrogen and oxygen atoms in total. The molecule has 1 fully saturated rings. The fourth-order valence-corrected chi connectivity index (χ4v) is 4.14. The molecule has 32 heavy (non-hydrogen) atoms. The highest BCUT2D eigenvalue weighted by Crippen LogP contribution is 2.31. The van der Waals surface area contributed by atoms with Gasteiger partial charge in [-0.2, -0.15) is 0 Å². The Morgan fingerprint density at radius 1 is 1.12 bits per heavy atom. The lowest BCUT2D eigenvalue weighted by Crippen LogP contribution is -2.48. The summed E-state index contributed by atoms with van der Waals surface area (Å²) in [6.45, 7) is 9.98. The molecular formula is C25H27F2N3O2. The number of rotatable bonds is 7. The van der Waals surface area contributed by atoms with Gasteiger partial charge in [0.1, 0.15) is 29.7 Å². The minimum Gasteiger partial charge on any atom is -0.489 e. The van der Waals surface area contributed by atoms with Crippen molar-refractivity contribution in [2.45, 2.75) is 13.5 Å². The van der Waals surface area contributed by atoms with E-state index in [0.29, 0.717) is 31.1 Å². The number of hydrogen-bond acceptors (Lipinski definition) is 3. The zero-order valence-electron chi connectivity index (χ0n) is 18.2. The van der Waals surface area contributed by atoms with E-state index >= 15 is 0 Å². The zero-order chi connectivity index (χ0) is 22.7. The van der Waals surface area contributed by atoms with E-state index in [4.69, 9.17) is 4.74 Å². The maximum absolute atomic E-state index is 14.5. The van der Waals surface area contributed by atoms with Crippen LogP contribution in [0.2, 0.25) is 0 Å². The lowest BCUT2D eigenvalue weighted by Gasteiger charge is -2.34. The van der Waals surface area contributed by atoms with E-state index in [1.165, 1.54) is 6.07 Å². The van der Waals surface area contributed by atoms with E-state index in [9.17, 15) is 13.6 Å². The van der Waals surface area contributed by atoms with Crippen molar-refractivity contribution in [1.82, 2.24) is 14.4 Å². The summed E-state index contributed by atoms with van der Waals surface area (Å²) in [4.78, 5) is 17.6. The molecule has 0 atom stereocenters. The fourth-order valence-electron chi connectivity index (χ4n) is 4.14. The molecule has 0 saturated carbocycles. The predicted octanol–water partition coefficient (Wildman–Crippen LogP) is 4.31. The predicted molar refractivity (Wildman–Crippen MR) is 121 cm³/mol. The van der Waals surface area contributed by atoms with Gasteiger partial charge in [0.05, 0.1) is 12.1 Å². The molecule has 3 aromatic rings. The van der Waals surface area contributed by atoms with Gasteiger partial charge in [-0.05, 0) is 42.9 Å². The summed E-state index contributed by atoms with van der Waals surface area (Å²) in [5.74, 6) is -0.534. The highest BCUT2D eigenvalue weighted by atomic mass is 19.1. The number of halogens is 2. The summed E-state index contributed by atoms with van der Waals surface area (Å²) < 4.78 is 35.8. The maximum Gasteiger partial charge on any atom is 0.270 e. The van der Waals surface area contributed by atoms with Crippen molar-refractivity contribution in [2.24, 2.45) is 0 Å². The summed E-state index contributed by atoms with van der Waals surface area (Å²) in [7, 11) is 0. The highest BCUT2D eigenvalue weighted by molar-refractivity contribution is 6.00. The van der Waals surface area contributed by atoms with Crippen LogP contribution in [0.4, 0.5) is 8.78 Å². The molecule has 0 N–H and O–H groups in total. The number of fused-ring (bicyclic) bond motifs is 1. The van der Waals surface area contributed by atoms with Crippen molar-refractivity contribution >= 4 is 16.8 Å². The molecular weight excluding hydrogens is 412 g/mol. The van der Waals surface area contributed by atoms with Crippen molar-refractivity contribution in [2.75, 3.05) is 39.3 Å². The van der Waals surface area contributed by atoms with Crippen LogP contribution < -0.4 is 4.74 Å². The Morgan fingerprint density at radius 3 is 2.62 bits per heavy atom. The van der Waals surface area contributed by atoms with Crippen molar-refractivity contribution in [3.8, 4) is 5.75 Å². The molecule has 0 spiro atoms. The van der Waals surface area contributed by atoms with Crippen LogP contribution >= 0.6 is 0 Å². The minimum atomic E-state index is -0.517. The summed E-state index contributed by atoms with van der Waals surface area (Å²) in [5, 5.41) is 0.752. The van der Waals surface area contributed by atoms with Crippen molar-refractivity contribution in [3.63, 3.8) is 0 Å². The molecule has 1 saturated heterocycles. The molecule has 2 heterocycles. The molecule has 1 aliphatic rings. The topological polar surface area (TPSA) is 37.7 Å². The Balaban J connectivity index is 1.77. The standard InChI is InChI=1S/C25H27F2N3O2/c1-3-14-32-24-7-5-6-22-20(24)16-23(25(31)29-12-10-28(4-2)11-13-29)30(22)17-18-15-19(26)8-9-21(18)27/h3,5-9,15-16H,1,4,10-14,17H2,2H3. The number of amides is 1. The summed E-state index contributed by atoms with van der Waals surface area (Å²) in [6.07, 6.45) is 1.65. The van der Waals surface area contributed by atoms with Gasteiger partial charge in [0, 0.05) is 37.1 Å². The number of likely N-dealkylation sites (N-methyl/N-ethyl adjacent to an activating group) is 1. The van der Waals surface area contributed by atoms with Crippen LogP contribution in [0.3, 0.4) is 0 Å². The van der Waals surface area contributed by atoms with E-state index in [1.54, 1.807) is 16.7 Å². The number of ether oxygens (including phenoxy) is 1. The third-order valence-corrected chi connectivity index (χ3v) is 5.92. The van der Waals surface area contributed by atoms with Gasteiger partial charge in [-0.3, -0.25) is 4.79 Å². The van der Waals surface area contributed by atoms with Gasteiger partial charge in [0.2, 0.25) is 0 Å². The number of carbonyl (C=O) groups excluding carboxylic acids is 1. The maximum atomic E-state index is 14.5.